The van der Waals surface area contributed by atoms with Gasteiger partial charge in [0.15, 0.2) is 0 Å². The Hall–Kier alpha value is -4.44. The summed E-state index contributed by atoms with van der Waals surface area (Å²) in [7, 11) is 1.59. The molecule has 0 spiro atoms. The molecule has 1 amide bonds. The fraction of sp³-hybridized carbons (Fsp3) is 0.214. The van der Waals surface area contributed by atoms with Gasteiger partial charge in [0.25, 0.3) is 11.7 Å². The number of hydrogen-bond donors (Lipinski definition) is 1. The summed E-state index contributed by atoms with van der Waals surface area (Å²) in [5.74, 6) is -1.01. The molecule has 3 aromatic rings. The van der Waals surface area contributed by atoms with Crippen LogP contribution in [0.2, 0.25) is 0 Å². The quantitative estimate of drug-likeness (QED) is 0.321. The number of ketones is 1. The zero-order chi connectivity index (χ0) is 25.3. The third-order valence-corrected chi connectivity index (χ3v) is 6.17. The highest BCUT2D eigenvalue weighted by molar-refractivity contribution is 6.51. The first kappa shape index (κ1) is 23.7. The maximum absolute atomic E-state index is 13.4. The molecule has 7 nitrogen and oxygen atoms in total. The van der Waals surface area contributed by atoms with Crippen molar-refractivity contribution in [1.82, 2.24) is 4.98 Å². The molecule has 1 unspecified atom stereocenters. The SMILES string of the molecule is COc1cc(C)c(/C(O)=C2\C(=O)C(=O)N(c3ccc(C#N)cc3)C2c2cccnc2)cc1C(C)C. The van der Waals surface area contributed by atoms with Crippen molar-refractivity contribution in [2.45, 2.75) is 32.7 Å². The third-order valence-electron chi connectivity index (χ3n) is 6.17. The van der Waals surface area contributed by atoms with E-state index in [1.165, 1.54) is 4.90 Å². The van der Waals surface area contributed by atoms with Crippen LogP contribution in [0.5, 0.6) is 5.75 Å². The number of carbonyl (C=O) groups excluding carboxylic acids is 2. The van der Waals surface area contributed by atoms with Crippen LogP contribution in [0.4, 0.5) is 5.69 Å². The molecule has 1 fully saturated rings. The van der Waals surface area contributed by atoms with Gasteiger partial charge < -0.3 is 9.84 Å². The van der Waals surface area contributed by atoms with Crippen LogP contribution in [0.25, 0.3) is 5.76 Å². The molecule has 0 bridgehead atoms. The highest BCUT2D eigenvalue weighted by Crippen LogP contribution is 2.43. The Bertz CT molecular complexity index is 1370. The summed E-state index contributed by atoms with van der Waals surface area (Å²) in [6.45, 7) is 5.84. The number of methoxy groups -OCH3 is 1. The van der Waals surface area contributed by atoms with Crippen molar-refractivity contribution in [2.24, 2.45) is 0 Å². The number of ether oxygens (including phenoxy) is 1. The summed E-state index contributed by atoms with van der Waals surface area (Å²) < 4.78 is 5.51. The molecule has 35 heavy (non-hydrogen) atoms. The van der Waals surface area contributed by atoms with Crippen LogP contribution in [0.1, 0.15) is 53.6 Å². The third kappa shape index (κ3) is 4.15. The monoisotopic (exact) mass is 467 g/mol. The number of anilines is 1. The average molecular weight is 468 g/mol. The van der Waals surface area contributed by atoms with E-state index in [0.29, 0.717) is 33.7 Å². The number of nitrogens with zero attached hydrogens (tertiary/aromatic N) is 3. The van der Waals surface area contributed by atoms with Crippen LogP contribution < -0.4 is 9.64 Å². The van der Waals surface area contributed by atoms with E-state index < -0.39 is 17.7 Å². The van der Waals surface area contributed by atoms with Crippen LogP contribution in [0.3, 0.4) is 0 Å². The number of nitriles is 1. The number of amides is 1. The van der Waals surface area contributed by atoms with E-state index in [-0.39, 0.29) is 17.3 Å². The highest BCUT2D eigenvalue weighted by atomic mass is 16.5. The molecule has 1 aromatic heterocycles. The molecular weight excluding hydrogens is 442 g/mol. The maximum atomic E-state index is 13.4. The number of carbonyl (C=O) groups is 2. The van der Waals surface area contributed by atoms with Crippen molar-refractivity contribution < 1.29 is 19.4 Å². The summed E-state index contributed by atoms with van der Waals surface area (Å²) in [5.41, 5.74) is 3.47. The molecule has 0 radical (unpaired) electrons. The largest absolute Gasteiger partial charge is 0.507 e. The standard InChI is InChI=1S/C28H25N3O4/c1-16(2)21-13-22(17(3)12-23(21)35-4)26(32)24-25(19-6-5-11-30-15-19)31(28(34)27(24)33)20-9-7-18(14-29)8-10-20/h5-13,15-16,25,32H,1-4H3/b26-24+. The summed E-state index contributed by atoms with van der Waals surface area (Å²) >= 11 is 0. The van der Waals surface area contributed by atoms with E-state index in [0.717, 1.165) is 5.56 Å². The lowest BCUT2D eigenvalue weighted by Gasteiger charge is -2.25. The zero-order valence-corrected chi connectivity index (χ0v) is 19.9. The van der Waals surface area contributed by atoms with Gasteiger partial charge in [0.05, 0.1) is 30.4 Å². The minimum Gasteiger partial charge on any atom is -0.507 e. The van der Waals surface area contributed by atoms with E-state index in [1.807, 2.05) is 39.0 Å². The van der Waals surface area contributed by atoms with Gasteiger partial charge in [-0.05, 0) is 72.0 Å². The lowest BCUT2D eigenvalue weighted by molar-refractivity contribution is -0.132. The molecule has 1 aliphatic rings. The topological polar surface area (TPSA) is 104 Å². The summed E-state index contributed by atoms with van der Waals surface area (Å²) in [6, 6.07) is 14.6. The number of aliphatic hydroxyl groups is 1. The molecule has 1 aliphatic heterocycles. The second-order valence-corrected chi connectivity index (χ2v) is 8.68. The van der Waals surface area contributed by atoms with Crippen molar-refractivity contribution in [3.05, 3.63) is 94.3 Å². The van der Waals surface area contributed by atoms with Crippen LogP contribution in [0.15, 0.2) is 66.5 Å². The predicted molar refractivity (Wildman–Crippen MR) is 132 cm³/mol. The van der Waals surface area contributed by atoms with Crippen molar-refractivity contribution in [1.29, 1.82) is 5.26 Å². The summed E-state index contributed by atoms with van der Waals surface area (Å²) in [5, 5.41) is 20.7. The number of benzene rings is 2. The molecule has 0 aliphatic carbocycles. The first-order chi connectivity index (χ1) is 16.8. The molecule has 1 saturated heterocycles. The van der Waals surface area contributed by atoms with Gasteiger partial charge in [-0.15, -0.1) is 0 Å². The van der Waals surface area contributed by atoms with Crippen LogP contribution >= 0.6 is 0 Å². The maximum Gasteiger partial charge on any atom is 0.300 e. The number of aromatic nitrogens is 1. The molecule has 2 heterocycles. The highest BCUT2D eigenvalue weighted by Gasteiger charge is 2.47. The Morgan fingerprint density at radius 2 is 1.89 bits per heavy atom. The molecular formula is C28H25N3O4. The number of pyridine rings is 1. The lowest BCUT2D eigenvalue weighted by Crippen LogP contribution is -2.29. The van der Waals surface area contributed by atoms with Gasteiger partial charge in [-0.3, -0.25) is 19.5 Å². The summed E-state index contributed by atoms with van der Waals surface area (Å²) in [6.07, 6.45) is 3.17. The first-order valence-electron chi connectivity index (χ1n) is 11.2. The molecule has 7 heteroatoms. The Kier molecular flexibility index (Phi) is 6.39. The molecule has 1 N–H and O–H groups in total. The number of hydrogen-bond acceptors (Lipinski definition) is 6. The lowest BCUT2D eigenvalue weighted by atomic mass is 9.91. The van der Waals surface area contributed by atoms with E-state index in [4.69, 9.17) is 10.00 Å². The van der Waals surface area contributed by atoms with E-state index in [9.17, 15) is 14.7 Å². The van der Waals surface area contributed by atoms with Gasteiger partial charge in [-0.1, -0.05) is 19.9 Å². The zero-order valence-electron chi connectivity index (χ0n) is 19.9. The summed E-state index contributed by atoms with van der Waals surface area (Å²) in [4.78, 5) is 32.1. The second-order valence-electron chi connectivity index (χ2n) is 8.68. The van der Waals surface area contributed by atoms with Gasteiger partial charge >= 0.3 is 0 Å². The van der Waals surface area contributed by atoms with Crippen molar-refractivity contribution in [3.63, 3.8) is 0 Å². The first-order valence-corrected chi connectivity index (χ1v) is 11.2. The average Bonchev–Trinajstić information content (AvgIpc) is 3.14. The van der Waals surface area contributed by atoms with Gasteiger partial charge in [0.2, 0.25) is 0 Å². The minimum atomic E-state index is -0.888. The smallest absolute Gasteiger partial charge is 0.300 e. The number of Topliss-reactive ketones (excluding diaryl/α,β-unsaturated/α-hetero) is 1. The van der Waals surface area contributed by atoms with Crippen molar-refractivity contribution in [2.75, 3.05) is 12.0 Å². The van der Waals surface area contributed by atoms with E-state index >= 15 is 0 Å². The molecule has 176 valence electrons. The fourth-order valence-corrected chi connectivity index (χ4v) is 4.37. The van der Waals surface area contributed by atoms with E-state index in [1.54, 1.807) is 55.9 Å². The number of rotatable bonds is 5. The Morgan fingerprint density at radius 3 is 2.46 bits per heavy atom. The van der Waals surface area contributed by atoms with Crippen LogP contribution in [-0.2, 0) is 9.59 Å². The van der Waals surface area contributed by atoms with Crippen molar-refractivity contribution in [3.8, 4) is 11.8 Å². The Balaban J connectivity index is 1.96. The van der Waals surface area contributed by atoms with Crippen LogP contribution in [0, 0.1) is 18.3 Å². The number of aliphatic hydroxyl groups excluding tert-OH is 1. The predicted octanol–water partition coefficient (Wildman–Crippen LogP) is 5.02. The normalized spacial score (nSPS) is 17.0. The second kappa shape index (κ2) is 9.43. The fourth-order valence-electron chi connectivity index (χ4n) is 4.37. The van der Waals surface area contributed by atoms with Crippen LogP contribution in [-0.4, -0.2) is 28.9 Å². The van der Waals surface area contributed by atoms with Gasteiger partial charge in [-0.2, -0.15) is 5.26 Å². The molecule has 0 saturated carbocycles. The Labute approximate surface area is 203 Å². The molecule has 2 aromatic carbocycles. The van der Waals surface area contributed by atoms with Gasteiger partial charge in [0, 0.05) is 23.6 Å². The molecule has 4 rings (SSSR count). The minimum absolute atomic E-state index is 0.0182. The van der Waals surface area contributed by atoms with Gasteiger partial charge in [-0.25, -0.2) is 0 Å². The van der Waals surface area contributed by atoms with Crippen molar-refractivity contribution >= 4 is 23.1 Å². The Morgan fingerprint density at radius 1 is 1.17 bits per heavy atom. The van der Waals surface area contributed by atoms with Gasteiger partial charge in [0.1, 0.15) is 11.5 Å². The molecule has 1 atom stereocenters. The van der Waals surface area contributed by atoms with E-state index in [2.05, 4.69) is 4.98 Å². The number of aryl methyl sites for hydroxylation is 1.